The smallest absolute Gasteiger partial charge is 0.144 e. The Hall–Kier alpha value is -1.91. The van der Waals surface area contributed by atoms with E-state index < -0.39 is 5.60 Å². The second-order valence-corrected chi connectivity index (χ2v) is 8.44. The molecule has 3 aromatic carbocycles. The molecule has 0 aromatic heterocycles. The summed E-state index contributed by atoms with van der Waals surface area (Å²) < 4.78 is 9.35. The van der Waals surface area contributed by atoms with Gasteiger partial charge in [-0.25, -0.2) is 0 Å². The highest BCUT2D eigenvalue weighted by molar-refractivity contribution is 14.1. The van der Waals surface area contributed by atoms with Gasteiger partial charge >= 0.3 is 0 Å². The molecule has 1 nitrogen and oxygen atoms in total. The summed E-state index contributed by atoms with van der Waals surface area (Å²) in [4.78, 5) is 0. The first-order chi connectivity index (χ1) is 14.3. The second kappa shape index (κ2) is 9.73. The van der Waals surface area contributed by atoms with Crippen LogP contribution in [0, 0.1) is 5.92 Å². The number of halogens is 1. The Bertz CT molecular complexity index is 802. The van der Waals surface area contributed by atoms with Crippen molar-refractivity contribution in [3.05, 3.63) is 118 Å². The number of ether oxygens (including phenoxy) is 1. The molecular formula is C27H27IO. The van der Waals surface area contributed by atoms with Crippen LogP contribution in [0.4, 0.5) is 0 Å². The SMILES string of the molecule is I/C=C/C(OC(c1ccccc1)(c1ccccc1)c1ccccc1)C1CCCC1. The van der Waals surface area contributed by atoms with Crippen molar-refractivity contribution in [3.8, 4) is 0 Å². The molecule has 1 atom stereocenters. The molecule has 148 valence electrons. The third-order valence-electron chi connectivity index (χ3n) is 5.98. The van der Waals surface area contributed by atoms with Gasteiger partial charge in [0.05, 0.1) is 6.10 Å². The number of hydrogen-bond acceptors (Lipinski definition) is 1. The van der Waals surface area contributed by atoms with Crippen molar-refractivity contribution >= 4 is 22.6 Å². The van der Waals surface area contributed by atoms with Crippen LogP contribution in [-0.4, -0.2) is 6.10 Å². The molecule has 0 spiro atoms. The van der Waals surface area contributed by atoms with Crippen molar-refractivity contribution in [3.63, 3.8) is 0 Å². The lowest BCUT2D eigenvalue weighted by Gasteiger charge is -2.40. The van der Waals surface area contributed by atoms with Crippen LogP contribution >= 0.6 is 22.6 Å². The van der Waals surface area contributed by atoms with Crippen LogP contribution in [0.2, 0.25) is 0 Å². The van der Waals surface area contributed by atoms with Crippen molar-refractivity contribution in [1.29, 1.82) is 0 Å². The fraction of sp³-hybridized carbons (Fsp3) is 0.259. The molecular weight excluding hydrogens is 467 g/mol. The van der Waals surface area contributed by atoms with Gasteiger partial charge in [0, 0.05) is 0 Å². The van der Waals surface area contributed by atoms with Gasteiger partial charge in [0.25, 0.3) is 0 Å². The molecule has 1 saturated carbocycles. The molecule has 1 unspecified atom stereocenters. The summed E-state index contributed by atoms with van der Waals surface area (Å²) in [7, 11) is 0. The van der Waals surface area contributed by atoms with Crippen molar-refractivity contribution in [2.24, 2.45) is 5.92 Å². The normalized spacial score (nSPS) is 16.3. The summed E-state index contributed by atoms with van der Waals surface area (Å²) in [5.74, 6) is 0.566. The summed E-state index contributed by atoms with van der Waals surface area (Å²) in [6.45, 7) is 0. The minimum atomic E-state index is -0.646. The van der Waals surface area contributed by atoms with Gasteiger partial charge in [-0.15, -0.1) is 0 Å². The molecule has 2 heteroatoms. The van der Waals surface area contributed by atoms with E-state index in [0.29, 0.717) is 5.92 Å². The van der Waals surface area contributed by atoms with Crippen LogP contribution in [0.3, 0.4) is 0 Å². The van der Waals surface area contributed by atoms with E-state index in [0.717, 1.165) is 0 Å². The van der Waals surface area contributed by atoms with E-state index >= 15 is 0 Å². The summed E-state index contributed by atoms with van der Waals surface area (Å²) in [5.41, 5.74) is 2.86. The first kappa shape index (κ1) is 20.4. The summed E-state index contributed by atoms with van der Waals surface area (Å²) in [5, 5.41) is 0. The van der Waals surface area contributed by atoms with Gasteiger partial charge in [0.1, 0.15) is 5.60 Å². The molecule has 0 saturated heterocycles. The Balaban J connectivity index is 1.92. The van der Waals surface area contributed by atoms with E-state index in [4.69, 9.17) is 4.74 Å². The maximum atomic E-state index is 7.23. The lowest BCUT2D eigenvalue weighted by Crippen LogP contribution is -2.38. The lowest BCUT2D eigenvalue weighted by molar-refractivity contribution is -0.0489. The average Bonchev–Trinajstić information content (AvgIpc) is 3.33. The third kappa shape index (κ3) is 4.34. The number of rotatable bonds is 7. The lowest BCUT2D eigenvalue weighted by atomic mass is 9.79. The molecule has 0 heterocycles. The maximum Gasteiger partial charge on any atom is 0.144 e. The molecule has 1 aliphatic rings. The van der Waals surface area contributed by atoms with Gasteiger partial charge in [-0.2, -0.15) is 0 Å². The van der Waals surface area contributed by atoms with Gasteiger partial charge in [0.15, 0.2) is 0 Å². The highest BCUT2D eigenvalue weighted by Gasteiger charge is 2.41. The van der Waals surface area contributed by atoms with E-state index in [2.05, 4.69) is 124 Å². The molecule has 0 bridgehead atoms. The quantitative estimate of drug-likeness (QED) is 0.244. The number of benzene rings is 3. The second-order valence-electron chi connectivity index (χ2n) is 7.72. The zero-order valence-electron chi connectivity index (χ0n) is 16.6. The Kier molecular flexibility index (Phi) is 6.83. The van der Waals surface area contributed by atoms with Crippen molar-refractivity contribution in [2.45, 2.75) is 37.4 Å². The van der Waals surface area contributed by atoms with Crippen molar-refractivity contribution in [2.75, 3.05) is 0 Å². The molecule has 29 heavy (non-hydrogen) atoms. The molecule has 1 fully saturated rings. The van der Waals surface area contributed by atoms with Crippen LogP contribution < -0.4 is 0 Å². The third-order valence-corrected chi connectivity index (χ3v) is 6.40. The van der Waals surface area contributed by atoms with Crippen LogP contribution in [0.25, 0.3) is 0 Å². The minimum absolute atomic E-state index is 0.0787. The largest absolute Gasteiger partial charge is 0.353 e. The predicted molar refractivity (Wildman–Crippen MR) is 129 cm³/mol. The van der Waals surface area contributed by atoms with E-state index in [1.54, 1.807) is 0 Å². The summed E-state index contributed by atoms with van der Waals surface area (Å²) in [6, 6.07) is 32.0. The van der Waals surface area contributed by atoms with Crippen LogP contribution in [0.1, 0.15) is 42.4 Å². The van der Waals surface area contributed by atoms with Gasteiger partial charge in [0.2, 0.25) is 0 Å². The Morgan fingerprint density at radius 1 is 0.724 bits per heavy atom. The summed E-state index contributed by atoms with van der Waals surface area (Å²) in [6.07, 6.45) is 7.40. The maximum absolute atomic E-state index is 7.23. The van der Waals surface area contributed by atoms with Crippen molar-refractivity contribution in [1.82, 2.24) is 0 Å². The van der Waals surface area contributed by atoms with Gasteiger partial charge in [-0.05, 0) is 45.6 Å². The van der Waals surface area contributed by atoms with Gasteiger partial charge in [-0.1, -0.05) is 126 Å². The Morgan fingerprint density at radius 3 is 1.52 bits per heavy atom. The van der Waals surface area contributed by atoms with E-state index in [1.807, 2.05) is 0 Å². The van der Waals surface area contributed by atoms with Crippen LogP contribution in [-0.2, 0) is 10.3 Å². The van der Waals surface area contributed by atoms with E-state index in [9.17, 15) is 0 Å². The monoisotopic (exact) mass is 494 g/mol. The zero-order chi connectivity index (χ0) is 19.9. The van der Waals surface area contributed by atoms with Crippen molar-refractivity contribution < 1.29 is 4.74 Å². The van der Waals surface area contributed by atoms with Crippen LogP contribution in [0.5, 0.6) is 0 Å². The zero-order valence-corrected chi connectivity index (χ0v) is 18.7. The summed E-state index contributed by atoms with van der Waals surface area (Å²) >= 11 is 2.32. The van der Waals surface area contributed by atoms with Gasteiger partial charge < -0.3 is 4.74 Å². The fourth-order valence-corrected chi connectivity index (χ4v) is 4.99. The molecule has 3 aromatic rings. The molecule has 0 amide bonds. The predicted octanol–water partition coefficient (Wildman–Crippen LogP) is 7.50. The van der Waals surface area contributed by atoms with Crippen LogP contribution in [0.15, 0.2) is 101 Å². The average molecular weight is 494 g/mol. The molecule has 1 aliphatic carbocycles. The van der Waals surface area contributed by atoms with Gasteiger partial charge in [-0.3, -0.25) is 0 Å². The Labute approximate surface area is 188 Å². The number of hydrogen-bond donors (Lipinski definition) is 0. The first-order valence-electron chi connectivity index (χ1n) is 10.5. The minimum Gasteiger partial charge on any atom is -0.353 e. The molecule has 0 radical (unpaired) electrons. The Morgan fingerprint density at radius 2 is 1.14 bits per heavy atom. The highest BCUT2D eigenvalue weighted by Crippen LogP contribution is 2.44. The highest BCUT2D eigenvalue weighted by atomic mass is 127. The molecule has 0 N–H and O–H groups in total. The first-order valence-corrected chi connectivity index (χ1v) is 11.7. The molecule has 0 aliphatic heterocycles. The fourth-order valence-electron chi connectivity index (χ4n) is 4.58. The standard InChI is InChI=1S/C27H27IO/c28-21-20-26(22-12-10-11-13-22)29-27(23-14-4-1-5-15-23,24-16-6-2-7-17-24)25-18-8-3-9-19-25/h1-9,14-22,26H,10-13H2/b21-20+. The topological polar surface area (TPSA) is 9.23 Å². The van der Waals surface area contributed by atoms with E-state index in [1.165, 1.54) is 42.4 Å². The van der Waals surface area contributed by atoms with E-state index in [-0.39, 0.29) is 6.10 Å². The molecule has 4 rings (SSSR count).